The minimum absolute atomic E-state index is 0.00478. The number of benzene rings is 2. The van der Waals surface area contributed by atoms with Crippen LogP contribution in [0.25, 0.3) is 31.3 Å². The van der Waals surface area contributed by atoms with Gasteiger partial charge in [0.15, 0.2) is 66.9 Å². The maximum Gasteiger partial charge on any atom is 0.299 e. The molecule has 0 spiro atoms. The zero-order valence-corrected chi connectivity index (χ0v) is 47.0. The van der Waals surface area contributed by atoms with Gasteiger partial charge in [-0.3, -0.25) is 9.59 Å². The van der Waals surface area contributed by atoms with Crippen molar-refractivity contribution in [2.45, 2.75) is 143 Å². The molecule has 60 heavy (non-hydrogen) atoms. The minimum Gasteiger partial charge on any atom is -0.308 e. The van der Waals surface area contributed by atoms with Crippen molar-refractivity contribution in [2.24, 2.45) is 5.92 Å². The largest absolute Gasteiger partial charge is 0.308 e. The second kappa shape index (κ2) is 24.6. The smallest absolute Gasteiger partial charge is 0.299 e. The van der Waals surface area contributed by atoms with Gasteiger partial charge in [0.05, 0.1) is 30.6 Å². The van der Waals surface area contributed by atoms with E-state index in [4.69, 9.17) is 1.28 Å². The predicted octanol–water partition coefficient (Wildman–Crippen LogP) is 18.1. The lowest BCUT2D eigenvalue weighted by Crippen LogP contribution is -2.37. The van der Waals surface area contributed by atoms with Crippen LogP contribution in [0.1, 0.15) is 126 Å². The summed E-state index contributed by atoms with van der Waals surface area (Å²) in [6, 6.07) is 25.5. The fourth-order valence-corrected chi connectivity index (χ4v) is 14.5. The maximum absolute atomic E-state index is 15.1. The number of aryl methyl sites for hydroxylation is 2. The van der Waals surface area contributed by atoms with E-state index in [-0.39, 0.29) is 11.8 Å². The molecule has 2 amide bonds. The van der Waals surface area contributed by atoms with Gasteiger partial charge in [-0.2, -0.15) is 0 Å². The molecular weight excluding hydrogens is 1150 g/mol. The van der Waals surface area contributed by atoms with Crippen molar-refractivity contribution in [1.82, 2.24) is 0 Å². The van der Waals surface area contributed by atoms with Gasteiger partial charge in [0.2, 0.25) is 0 Å². The van der Waals surface area contributed by atoms with Crippen LogP contribution in [-0.4, -0.2) is 34.3 Å². The van der Waals surface area contributed by atoms with E-state index in [1.807, 2.05) is 27.6 Å². The molecule has 6 rings (SSSR count). The topological polar surface area (TPSA) is 40.6 Å². The number of rotatable bonds is 21. The molecule has 2 aliphatic heterocycles. The highest BCUT2D eigenvalue weighted by Gasteiger charge is 2.43. The lowest BCUT2D eigenvalue weighted by atomic mass is 9.95. The molecule has 11 heteroatoms. The molecule has 4 nitrogen and oxygen atoms in total. The SMILES string of the molecule is CCCCCCCC[Si](C)(CCCCCCCC)CCN1C(=O)/C(=C2/C(=O)N(CC(C)C)c3cc(C)ccc32)c2ccc(-c3ccc(-c4ccc(C)s4)s3)cc21.[3H][P+](I)(I)I. The number of carbonyl (C=O) groups is 2. The number of hydrogen-bond acceptors (Lipinski definition) is 4. The molecule has 0 N–H and O–H groups in total. The van der Waals surface area contributed by atoms with Crippen LogP contribution in [0.4, 0.5) is 11.4 Å². The van der Waals surface area contributed by atoms with Gasteiger partial charge in [-0.25, -0.2) is 0 Å². The van der Waals surface area contributed by atoms with E-state index in [2.05, 4.69) is 180 Å². The lowest BCUT2D eigenvalue weighted by molar-refractivity contribution is -0.114. The molecule has 4 aromatic rings. The van der Waals surface area contributed by atoms with E-state index in [0.29, 0.717) is 23.6 Å². The highest BCUT2D eigenvalue weighted by atomic mass is 127. The second-order valence-corrected chi connectivity index (χ2v) is 50.8. The Morgan fingerprint density at radius 1 is 0.650 bits per heavy atom. The van der Waals surface area contributed by atoms with Crippen LogP contribution < -0.4 is 9.80 Å². The summed E-state index contributed by atoms with van der Waals surface area (Å²) in [6.45, 7) is 17.1. The summed E-state index contributed by atoms with van der Waals surface area (Å²) in [6.07, 6.45) is 15.9. The number of hydrogen-bond donors (Lipinski definition) is 0. The van der Waals surface area contributed by atoms with Crippen LogP contribution >= 0.6 is 89.6 Å². The zero-order valence-electron chi connectivity index (χ0n) is 38.0. The van der Waals surface area contributed by atoms with E-state index in [1.165, 1.54) is 109 Å². The summed E-state index contributed by atoms with van der Waals surface area (Å²) < 4.78 is 5.78. The van der Waals surface area contributed by atoms with Crippen molar-refractivity contribution in [1.29, 1.82) is 1.28 Å². The van der Waals surface area contributed by atoms with Gasteiger partial charge in [0.1, 0.15) is 0 Å². The number of thiophene rings is 2. The number of nitrogens with zero attached hydrogens (tertiary/aromatic N) is 2. The quantitative estimate of drug-likeness (QED) is 0.0274. The third-order valence-corrected chi connectivity index (χ3v) is 19.0. The van der Waals surface area contributed by atoms with E-state index in [9.17, 15) is 4.79 Å². The third-order valence-electron chi connectivity index (χ3n) is 12.1. The summed E-state index contributed by atoms with van der Waals surface area (Å²) in [4.78, 5) is 38.7. The second-order valence-electron chi connectivity index (χ2n) is 17.6. The normalized spacial score (nSPS) is 15.5. The average Bonchev–Trinajstić information content (AvgIpc) is 3.97. The molecule has 2 aromatic heterocycles. The number of carbonyl (C=O) groups excluding carboxylic acids is 2. The monoisotopic (exact) mass is 1220 g/mol. The Kier molecular flexibility index (Phi) is 20.0. The summed E-state index contributed by atoms with van der Waals surface area (Å²) in [5.74, 6) is 0.255. The van der Waals surface area contributed by atoms with Gasteiger partial charge in [0, 0.05) is 43.7 Å². The number of fused-ring (bicyclic) bond motifs is 2. The van der Waals surface area contributed by atoms with Crippen molar-refractivity contribution in [2.75, 3.05) is 22.9 Å². The van der Waals surface area contributed by atoms with Crippen molar-refractivity contribution in [3.63, 3.8) is 0 Å². The molecule has 2 aromatic carbocycles. The molecule has 0 saturated heterocycles. The van der Waals surface area contributed by atoms with Gasteiger partial charge in [-0.15, -0.1) is 22.7 Å². The van der Waals surface area contributed by atoms with Crippen LogP contribution in [0.3, 0.4) is 0 Å². The van der Waals surface area contributed by atoms with Crippen LogP contribution in [0.15, 0.2) is 60.7 Å². The molecule has 0 unspecified atom stereocenters. The first-order valence-corrected chi connectivity index (χ1v) is 36.8. The van der Waals surface area contributed by atoms with Crippen molar-refractivity contribution in [3.8, 4) is 20.2 Å². The van der Waals surface area contributed by atoms with E-state index >= 15 is 4.79 Å². The Morgan fingerprint density at radius 2 is 1.15 bits per heavy atom. The van der Waals surface area contributed by atoms with Gasteiger partial charge in [-0.05, 0) is 73.3 Å². The Bertz CT molecular complexity index is 2110. The highest BCUT2D eigenvalue weighted by molar-refractivity contribution is 14.4. The predicted molar refractivity (Wildman–Crippen MR) is 299 cm³/mol. The third kappa shape index (κ3) is 13.7. The first-order chi connectivity index (χ1) is 29.0. The molecule has 326 valence electrons. The Labute approximate surface area is 413 Å². The van der Waals surface area contributed by atoms with Crippen LogP contribution in [0.2, 0.25) is 24.7 Å². The molecule has 0 aliphatic carbocycles. The average molecular weight is 1220 g/mol. The molecule has 4 heterocycles. The van der Waals surface area contributed by atoms with Crippen molar-refractivity contribution in [3.05, 3.63) is 82.2 Å². The zero-order chi connectivity index (χ0) is 44.3. The van der Waals surface area contributed by atoms with E-state index in [1.54, 1.807) is 0 Å². The fourth-order valence-electron chi connectivity index (χ4n) is 8.78. The Hall–Kier alpha value is -0.643. The minimum atomic E-state index is -1.66. The molecule has 2 aliphatic rings. The number of anilines is 2. The maximum atomic E-state index is 15.1. The van der Waals surface area contributed by atoms with Gasteiger partial charge >= 0.3 is 0 Å². The van der Waals surface area contributed by atoms with Gasteiger partial charge in [0.25, 0.3) is 13.1 Å². The molecule has 0 radical (unpaired) electrons. The first-order valence-electron chi connectivity index (χ1n) is 22.8. The molecule has 0 atom stereocenters. The molecular formula is C49H67I3N2O2PS2Si+. The molecule has 0 bridgehead atoms. The lowest BCUT2D eigenvalue weighted by Gasteiger charge is -2.30. The van der Waals surface area contributed by atoms with Crippen molar-refractivity contribution < 1.29 is 9.59 Å². The van der Waals surface area contributed by atoms with E-state index in [0.717, 1.165) is 46.2 Å². The van der Waals surface area contributed by atoms with Crippen LogP contribution in [0.5, 0.6) is 0 Å². The van der Waals surface area contributed by atoms with Gasteiger partial charge < -0.3 is 9.80 Å². The molecule has 0 fully saturated rings. The van der Waals surface area contributed by atoms with Crippen molar-refractivity contribution >= 4 is 132 Å². The first kappa shape index (κ1) is 48.8. The highest BCUT2D eigenvalue weighted by Crippen LogP contribution is 2.61. The number of unbranched alkanes of at least 4 members (excludes halogenated alkanes) is 10. The number of amides is 2. The van der Waals surface area contributed by atoms with Crippen LogP contribution in [0, 0.1) is 19.8 Å². The Morgan fingerprint density at radius 3 is 1.72 bits per heavy atom. The van der Waals surface area contributed by atoms with Crippen LogP contribution in [-0.2, 0) is 9.59 Å². The number of halogens is 3. The summed E-state index contributed by atoms with van der Waals surface area (Å²) >= 11 is 10.0. The van der Waals surface area contributed by atoms with Gasteiger partial charge in [-0.1, -0.05) is 148 Å². The summed E-state index contributed by atoms with van der Waals surface area (Å²) in [5, 5.41) is 0. The standard InChI is InChI=1S/C49H66N2O2S2Si.I3P/c1-8-10-12-14-16-18-29-56(7,30-19-17-15-13-11-9-2)31-28-50-42-33-38(43-26-27-45(55-43)44-25-21-37(6)54-44)22-24-40(42)46(48(50)52)47-39-23-20-36(5)32-41(39)51(49(47)53)34-35(3)4;1-4(2)3/h20-27,32-33,35H,8-19,28-31,34H2,1-7H3;/p+1/b47-46+;/i/hT. The summed E-state index contributed by atoms with van der Waals surface area (Å²) in [7, 11) is -1.66. The Balaban J connectivity index is 0.00000133. The molecule has 0 saturated carbocycles. The fraction of sp³-hybridized carbons (Fsp3) is 0.510. The van der Waals surface area contributed by atoms with E-state index < -0.39 is 8.87 Å². The summed E-state index contributed by atoms with van der Waals surface area (Å²) in [5.41, 5.74) is 7.11.